The van der Waals surface area contributed by atoms with Crippen LogP contribution in [0.15, 0.2) is 27.6 Å². The molecule has 0 aliphatic rings. The van der Waals surface area contributed by atoms with Crippen molar-refractivity contribution in [3.63, 3.8) is 0 Å². The Morgan fingerprint density at radius 1 is 1.37 bits per heavy atom. The number of guanidine groups is 1. The van der Waals surface area contributed by atoms with Crippen molar-refractivity contribution in [1.29, 1.82) is 0 Å². The van der Waals surface area contributed by atoms with Gasteiger partial charge in [0.25, 0.3) is 0 Å². The van der Waals surface area contributed by atoms with E-state index in [4.69, 9.17) is 4.42 Å². The summed E-state index contributed by atoms with van der Waals surface area (Å²) in [7, 11) is -2.99. The van der Waals surface area contributed by atoms with Crippen molar-refractivity contribution in [2.75, 3.05) is 18.6 Å². The Bertz CT molecular complexity index is 897. The lowest BCUT2D eigenvalue weighted by Gasteiger charge is -2.17. The fourth-order valence-electron chi connectivity index (χ4n) is 2.56. The van der Waals surface area contributed by atoms with Crippen LogP contribution in [-0.4, -0.2) is 39.0 Å². The Balaban J connectivity index is 0.00000364. The number of hydrogen-bond donors (Lipinski definition) is 2. The van der Waals surface area contributed by atoms with Crippen LogP contribution in [0.25, 0.3) is 11.0 Å². The van der Waals surface area contributed by atoms with Gasteiger partial charge in [0.15, 0.2) is 5.96 Å². The molecule has 6 nitrogen and oxygen atoms in total. The molecule has 0 radical (unpaired) electrons. The molecule has 1 unspecified atom stereocenters. The normalized spacial score (nSPS) is 13.3. The van der Waals surface area contributed by atoms with Gasteiger partial charge in [-0.1, -0.05) is 0 Å². The molecule has 0 fully saturated rings. The summed E-state index contributed by atoms with van der Waals surface area (Å²) in [5.41, 5.74) is 1.50. The predicted octanol–water partition coefficient (Wildman–Crippen LogP) is 3.38. The van der Waals surface area contributed by atoms with E-state index in [1.54, 1.807) is 6.07 Å². The van der Waals surface area contributed by atoms with Crippen molar-refractivity contribution in [2.45, 2.75) is 39.8 Å². The first-order valence-corrected chi connectivity index (χ1v) is 10.7. The molecule has 0 saturated heterocycles. The number of nitrogens with one attached hydrogen (secondary N) is 2. The highest BCUT2D eigenvalue weighted by Crippen LogP contribution is 2.26. The fourth-order valence-corrected chi connectivity index (χ4v) is 3.34. The van der Waals surface area contributed by atoms with Crippen molar-refractivity contribution in [2.24, 2.45) is 4.99 Å². The molecule has 27 heavy (non-hydrogen) atoms. The molecule has 1 atom stereocenters. The first kappa shape index (κ1) is 23.7. The summed E-state index contributed by atoms with van der Waals surface area (Å²) in [6.45, 7) is 6.72. The molecule has 1 aromatic heterocycles. The maximum atomic E-state index is 13.4. The summed E-state index contributed by atoms with van der Waals surface area (Å²) in [4.78, 5) is 4.50. The molecule has 2 aromatic rings. The lowest BCUT2D eigenvalue weighted by Crippen LogP contribution is -2.42. The van der Waals surface area contributed by atoms with E-state index in [-0.39, 0.29) is 41.6 Å². The Hall–Kier alpha value is -1.36. The molecule has 0 aliphatic carbocycles. The molecule has 0 spiro atoms. The second kappa shape index (κ2) is 10.3. The number of furan rings is 1. The molecule has 1 heterocycles. The Morgan fingerprint density at radius 3 is 2.70 bits per heavy atom. The average molecular weight is 511 g/mol. The van der Waals surface area contributed by atoms with E-state index in [0.717, 1.165) is 10.9 Å². The van der Waals surface area contributed by atoms with Crippen LogP contribution in [0.2, 0.25) is 0 Å². The highest BCUT2D eigenvalue weighted by molar-refractivity contribution is 14.0. The molecular weight excluding hydrogens is 484 g/mol. The number of sulfone groups is 1. The van der Waals surface area contributed by atoms with E-state index in [0.29, 0.717) is 36.8 Å². The first-order valence-electron chi connectivity index (χ1n) is 8.59. The largest absolute Gasteiger partial charge is 0.459 e. The number of rotatable bonds is 7. The standard InChI is InChI=1S/C18H26FN3O3S.HI/c1-5-20-18(22-12(2)8-9-26(4,23)24)21-11-17-13(3)15-10-14(19)6-7-16(15)25-17;/h6-7,10,12H,5,8-9,11H2,1-4H3,(H2,20,21,22);1H. The van der Waals surface area contributed by atoms with Crippen LogP contribution in [0.3, 0.4) is 0 Å². The number of aliphatic imine (C=N–C) groups is 1. The lowest BCUT2D eigenvalue weighted by atomic mass is 10.1. The summed E-state index contributed by atoms with van der Waals surface area (Å²) in [6, 6.07) is 4.39. The van der Waals surface area contributed by atoms with E-state index >= 15 is 0 Å². The van der Waals surface area contributed by atoms with Crippen molar-refractivity contribution in [3.05, 3.63) is 35.3 Å². The number of benzene rings is 1. The van der Waals surface area contributed by atoms with Crippen LogP contribution in [0.4, 0.5) is 4.39 Å². The summed E-state index contributed by atoms with van der Waals surface area (Å²) < 4.78 is 41.8. The van der Waals surface area contributed by atoms with E-state index in [2.05, 4.69) is 15.6 Å². The molecule has 2 rings (SSSR count). The van der Waals surface area contributed by atoms with E-state index in [1.807, 2.05) is 20.8 Å². The van der Waals surface area contributed by atoms with Gasteiger partial charge >= 0.3 is 0 Å². The molecule has 9 heteroatoms. The van der Waals surface area contributed by atoms with Gasteiger partial charge in [-0.05, 0) is 45.4 Å². The highest BCUT2D eigenvalue weighted by Gasteiger charge is 2.12. The molecule has 1 aromatic carbocycles. The van der Waals surface area contributed by atoms with Gasteiger partial charge in [-0.2, -0.15) is 0 Å². The molecular formula is C18H27FIN3O3S. The molecule has 0 aliphatic heterocycles. The highest BCUT2D eigenvalue weighted by atomic mass is 127. The molecule has 0 bridgehead atoms. The maximum absolute atomic E-state index is 13.4. The van der Waals surface area contributed by atoms with Crippen LogP contribution < -0.4 is 10.6 Å². The Kier molecular flexibility index (Phi) is 9.00. The SMILES string of the molecule is CCNC(=NCc1oc2ccc(F)cc2c1C)NC(C)CCS(C)(=O)=O.I. The maximum Gasteiger partial charge on any atom is 0.191 e. The van der Waals surface area contributed by atoms with E-state index < -0.39 is 9.84 Å². The molecule has 0 saturated carbocycles. The predicted molar refractivity (Wildman–Crippen MR) is 118 cm³/mol. The second-order valence-corrected chi connectivity index (χ2v) is 8.71. The average Bonchev–Trinajstić information content (AvgIpc) is 2.86. The van der Waals surface area contributed by atoms with Gasteiger partial charge < -0.3 is 15.1 Å². The van der Waals surface area contributed by atoms with Gasteiger partial charge in [-0.15, -0.1) is 24.0 Å². The number of fused-ring (bicyclic) bond motifs is 1. The number of nitrogens with zero attached hydrogens (tertiary/aromatic N) is 1. The van der Waals surface area contributed by atoms with Crippen molar-refractivity contribution >= 4 is 50.7 Å². The zero-order valence-electron chi connectivity index (χ0n) is 16.0. The third kappa shape index (κ3) is 7.28. The lowest BCUT2D eigenvalue weighted by molar-refractivity contribution is 0.545. The summed E-state index contributed by atoms with van der Waals surface area (Å²) in [5.74, 6) is 1.08. The van der Waals surface area contributed by atoms with Gasteiger partial charge in [0.05, 0.1) is 5.75 Å². The van der Waals surface area contributed by atoms with Crippen molar-refractivity contribution in [1.82, 2.24) is 10.6 Å². The molecule has 0 amide bonds. The number of hydrogen-bond acceptors (Lipinski definition) is 4. The number of aryl methyl sites for hydroxylation is 1. The van der Waals surface area contributed by atoms with Gasteiger partial charge in [0, 0.05) is 29.8 Å². The minimum atomic E-state index is -2.99. The topological polar surface area (TPSA) is 83.7 Å². The zero-order chi connectivity index (χ0) is 19.3. The van der Waals surface area contributed by atoms with Crippen molar-refractivity contribution < 1.29 is 17.2 Å². The van der Waals surface area contributed by atoms with Crippen LogP contribution in [0.5, 0.6) is 0 Å². The van der Waals surface area contributed by atoms with Gasteiger partial charge in [-0.3, -0.25) is 0 Å². The number of halogens is 2. The third-order valence-electron chi connectivity index (χ3n) is 4.03. The van der Waals surface area contributed by atoms with Crippen LogP contribution in [0, 0.1) is 12.7 Å². The Morgan fingerprint density at radius 2 is 2.07 bits per heavy atom. The Labute approximate surface area is 176 Å². The summed E-state index contributed by atoms with van der Waals surface area (Å²) in [6.07, 6.45) is 1.72. The summed E-state index contributed by atoms with van der Waals surface area (Å²) >= 11 is 0. The zero-order valence-corrected chi connectivity index (χ0v) is 19.2. The molecule has 152 valence electrons. The van der Waals surface area contributed by atoms with Crippen LogP contribution in [0.1, 0.15) is 31.6 Å². The smallest absolute Gasteiger partial charge is 0.191 e. The van der Waals surface area contributed by atoms with Crippen LogP contribution >= 0.6 is 24.0 Å². The third-order valence-corrected chi connectivity index (χ3v) is 5.00. The van der Waals surface area contributed by atoms with Gasteiger partial charge in [0.2, 0.25) is 0 Å². The monoisotopic (exact) mass is 511 g/mol. The quantitative estimate of drug-likeness (QED) is 0.339. The fraction of sp³-hybridized carbons (Fsp3) is 0.500. The summed E-state index contributed by atoms with van der Waals surface area (Å²) in [5, 5.41) is 7.07. The minimum absolute atomic E-state index is 0. The van der Waals surface area contributed by atoms with Gasteiger partial charge in [-0.25, -0.2) is 17.8 Å². The van der Waals surface area contributed by atoms with Crippen LogP contribution in [-0.2, 0) is 16.4 Å². The second-order valence-electron chi connectivity index (χ2n) is 6.45. The molecule has 2 N–H and O–H groups in total. The van der Waals surface area contributed by atoms with E-state index in [1.165, 1.54) is 18.4 Å². The minimum Gasteiger partial charge on any atom is -0.459 e. The van der Waals surface area contributed by atoms with E-state index in [9.17, 15) is 12.8 Å². The first-order chi connectivity index (χ1) is 12.2. The van der Waals surface area contributed by atoms with Crippen molar-refractivity contribution in [3.8, 4) is 0 Å². The van der Waals surface area contributed by atoms with Gasteiger partial charge in [0.1, 0.15) is 33.5 Å².